The highest BCUT2D eigenvalue weighted by atomic mass is 32.2. The van der Waals surface area contributed by atoms with Crippen LogP contribution in [0, 0.1) is 0 Å². The van der Waals surface area contributed by atoms with E-state index in [1.165, 1.54) is 9.58 Å². The van der Waals surface area contributed by atoms with Crippen molar-refractivity contribution >= 4 is 23.8 Å². The lowest BCUT2D eigenvalue weighted by molar-refractivity contribution is -0.136. The lowest BCUT2D eigenvalue weighted by Crippen LogP contribution is -2.30. The molecule has 142 valence electrons. The van der Waals surface area contributed by atoms with E-state index in [2.05, 4.69) is 17.0 Å². The van der Waals surface area contributed by atoms with Crippen molar-refractivity contribution in [1.82, 2.24) is 19.7 Å². The van der Waals surface area contributed by atoms with Crippen LogP contribution in [0.2, 0.25) is 0 Å². The molecule has 0 saturated heterocycles. The van der Waals surface area contributed by atoms with E-state index in [0.29, 0.717) is 17.4 Å². The third-order valence-electron chi connectivity index (χ3n) is 4.22. The summed E-state index contributed by atoms with van der Waals surface area (Å²) in [5.74, 6) is -0.324. The average Bonchev–Trinajstić information content (AvgIpc) is 2.97. The van der Waals surface area contributed by atoms with Crippen molar-refractivity contribution in [1.29, 1.82) is 0 Å². The van der Waals surface area contributed by atoms with Crippen molar-refractivity contribution in [3.63, 3.8) is 0 Å². The smallest absolute Gasteiger partial charge is 0.346 e. The summed E-state index contributed by atoms with van der Waals surface area (Å²) in [5, 5.41) is 13.6. The minimum Gasteiger partial charge on any atom is -0.480 e. The zero-order valence-corrected chi connectivity index (χ0v) is 16.9. The topological polar surface area (TPSA) is 88.3 Å². The second kappa shape index (κ2) is 9.22. The van der Waals surface area contributed by atoms with Crippen LogP contribution in [0.4, 0.5) is 4.79 Å². The summed E-state index contributed by atoms with van der Waals surface area (Å²) in [7, 11) is 3.28. The van der Waals surface area contributed by atoms with Crippen LogP contribution in [0.25, 0.3) is 0 Å². The van der Waals surface area contributed by atoms with Gasteiger partial charge in [0.25, 0.3) is 0 Å². The molecule has 0 aliphatic rings. The average molecular weight is 371 g/mol. The molecule has 8 heteroatoms. The van der Waals surface area contributed by atoms with E-state index in [4.69, 9.17) is 0 Å². The van der Waals surface area contributed by atoms with Crippen molar-refractivity contribution in [3.8, 4) is 0 Å². The molecule has 0 bridgehead atoms. The predicted molar refractivity (Wildman–Crippen MR) is 99.2 cm³/mol. The van der Waals surface area contributed by atoms with Crippen molar-refractivity contribution < 1.29 is 14.7 Å². The van der Waals surface area contributed by atoms with Gasteiger partial charge in [0.15, 0.2) is 11.0 Å². The van der Waals surface area contributed by atoms with E-state index in [9.17, 15) is 14.7 Å². The Labute approximate surface area is 154 Å². The third kappa shape index (κ3) is 5.73. The number of carboxylic acid groups (broad SMARTS) is 1. The first-order valence-corrected chi connectivity index (χ1v) is 9.60. The van der Waals surface area contributed by atoms with Crippen molar-refractivity contribution in [2.24, 2.45) is 0 Å². The Bertz CT molecular complexity index is 599. The fourth-order valence-corrected chi connectivity index (χ4v) is 3.07. The Morgan fingerprint density at radius 2 is 1.92 bits per heavy atom. The molecule has 1 amide bonds. The number of aromatic nitrogens is 3. The number of rotatable bonds is 9. The van der Waals surface area contributed by atoms with Gasteiger partial charge in [-0.2, -0.15) is 4.68 Å². The maximum atomic E-state index is 12.4. The van der Waals surface area contributed by atoms with Crippen LogP contribution >= 0.6 is 11.8 Å². The van der Waals surface area contributed by atoms with Gasteiger partial charge in [-0.25, -0.2) is 9.78 Å². The summed E-state index contributed by atoms with van der Waals surface area (Å²) >= 11 is 1.11. The van der Waals surface area contributed by atoms with Gasteiger partial charge in [0.2, 0.25) is 0 Å². The summed E-state index contributed by atoms with van der Waals surface area (Å²) < 4.78 is 1.23. The van der Waals surface area contributed by atoms with Crippen molar-refractivity contribution in [2.45, 2.75) is 75.6 Å². The van der Waals surface area contributed by atoms with Gasteiger partial charge in [-0.3, -0.25) is 4.79 Å². The first-order chi connectivity index (χ1) is 11.6. The molecule has 1 N–H and O–H groups in total. The van der Waals surface area contributed by atoms with Gasteiger partial charge in [-0.15, -0.1) is 5.10 Å². The molecule has 0 saturated carbocycles. The van der Waals surface area contributed by atoms with Crippen molar-refractivity contribution in [3.05, 3.63) is 5.82 Å². The maximum Gasteiger partial charge on any atom is 0.346 e. The minimum absolute atomic E-state index is 0.284. The molecule has 1 heterocycles. The maximum absolute atomic E-state index is 12.4. The zero-order chi connectivity index (χ0) is 19.2. The summed E-state index contributed by atoms with van der Waals surface area (Å²) in [6.45, 7) is 8.13. The number of unbranched alkanes of at least 4 members (excludes halogenated alkanes) is 2. The molecule has 1 aromatic rings. The van der Waals surface area contributed by atoms with Crippen LogP contribution in [-0.4, -0.2) is 56.1 Å². The van der Waals surface area contributed by atoms with Crippen LogP contribution in [-0.2, 0) is 10.2 Å². The van der Waals surface area contributed by atoms with Gasteiger partial charge in [-0.1, -0.05) is 58.7 Å². The number of amides is 1. The van der Waals surface area contributed by atoms with Gasteiger partial charge in [-0.05, 0) is 12.8 Å². The van der Waals surface area contributed by atoms with Gasteiger partial charge in [0.05, 0.1) is 0 Å². The van der Waals surface area contributed by atoms with Gasteiger partial charge < -0.3 is 10.0 Å². The molecular formula is C17H30N4O3S. The Kier molecular flexibility index (Phi) is 7.92. The molecule has 1 aromatic heterocycles. The Morgan fingerprint density at radius 1 is 1.28 bits per heavy atom. The molecule has 1 unspecified atom stereocenters. The van der Waals surface area contributed by atoms with Crippen LogP contribution in [0.3, 0.4) is 0 Å². The molecule has 0 aliphatic carbocycles. The van der Waals surface area contributed by atoms with Crippen LogP contribution < -0.4 is 0 Å². The number of thioether (sulfide) groups is 1. The van der Waals surface area contributed by atoms with Crippen LogP contribution in [0.5, 0.6) is 0 Å². The monoisotopic (exact) mass is 370 g/mol. The minimum atomic E-state index is -0.885. The normalized spacial score (nSPS) is 12.9. The number of carbonyl (C=O) groups is 2. The molecule has 0 aliphatic heterocycles. The third-order valence-corrected chi connectivity index (χ3v) is 5.42. The Hall–Kier alpha value is -1.57. The summed E-state index contributed by atoms with van der Waals surface area (Å²) in [6.07, 6.45) is 4.21. The predicted octanol–water partition coefficient (Wildman–Crippen LogP) is 3.62. The molecular weight excluding hydrogens is 340 g/mol. The SMILES string of the molecule is CCCCCC(Sc1nc(C(C)(C)CC)nn1C(=O)N(C)C)C(=O)O. The highest BCUT2D eigenvalue weighted by molar-refractivity contribution is 8.00. The molecule has 0 radical (unpaired) electrons. The summed E-state index contributed by atoms with van der Waals surface area (Å²) in [4.78, 5) is 30.0. The number of nitrogens with zero attached hydrogens (tertiary/aromatic N) is 4. The Balaban J connectivity index is 3.17. The van der Waals surface area contributed by atoms with E-state index in [-0.39, 0.29) is 11.4 Å². The fourth-order valence-electron chi connectivity index (χ4n) is 2.07. The van der Waals surface area contributed by atoms with Gasteiger partial charge in [0, 0.05) is 19.5 Å². The van der Waals surface area contributed by atoms with Crippen LogP contribution in [0.1, 0.15) is 65.6 Å². The standard InChI is InChI=1S/C17H30N4O3S/c1-7-9-10-11-12(13(22)23)25-15-18-14(17(3,4)8-2)19-21(15)16(24)20(5)6/h12H,7-11H2,1-6H3,(H,22,23). The lowest BCUT2D eigenvalue weighted by atomic mass is 9.90. The van der Waals surface area contributed by atoms with Crippen LogP contribution in [0.15, 0.2) is 5.16 Å². The highest BCUT2D eigenvalue weighted by Gasteiger charge is 2.30. The first kappa shape index (κ1) is 21.5. The number of aliphatic carboxylic acids is 1. The zero-order valence-electron chi connectivity index (χ0n) is 16.1. The molecule has 1 rings (SSSR count). The van der Waals surface area contributed by atoms with E-state index in [1.807, 2.05) is 20.8 Å². The molecule has 1 atom stereocenters. The summed E-state index contributed by atoms with van der Waals surface area (Å²) in [5.41, 5.74) is -0.284. The van der Waals surface area contributed by atoms with E-state index in [0.717, 1.165) is 37.4 Å². The molecule has 0 aromatic carbocycles. The molecule has 0 fully saturated rings. The molecule has 7 nitrogen and oxygen atoms in total. The largest absolute Gasteiger partial charge is 0.480 e. The van der Waals surface area contributed by atoms with E-state index in [1.54, 1.807) is 14.1 Å². The first-order valence-electron chi connectivity index (χ1n) is 8.72. The van der Waals surface area contributed by atoms with Gasteiger partial charge >= 0.3 is 12.0 Å². The summed E-state index contributed by atoms with van der Waals surface area (Å²) in [6, 6.07) is -0.328. The number of carbonyl (C=O) groups excluding carboxylic acids is 1. The van der Waals surface area contributed by atoms with E-state index < -0.39 is 11.2 Å². The number of hydrogen-bond acceptors (Lipinski definition) is 5. The highest BCUT2D eigenvalue weighted by Crippen LogP contribution is 2.30. The number of carboxylic acids is 1. The molecule has 25 heavy (non-hydrogen) atoms. The fraction of sp³-hybridized carbons (Fsp3) is 0.765. The molecule has 0 spiro atoms. The quantitative estimate of drug-likeness (QED) is 0.527. The second-order valence-electron chi connectivity index (χ2n) is 6.98. The van der Waals surface area contributed by atoms with Crippen molar-refractivity contribution in [2.75, 3.05) is 14.1 Å². The number of hydrogen-bond donors (Lipinski definition) is 1. The lowest BCUT2D eigenvalue weighted by Gasteiger charge is -2.17. The van der Waals surface area contributed by atoms with Gasteiger partial charge in [0.1, 0.15) is 5.25 Å². The second-order valence-corrected chi connectivity index (χ2v) is 8.15. The Morgan fingerprint density at radius 3 is 2.40 bits per heavy atom. The van der Waals surface area contributed by atoms with E-state index >= 15 is 0 Å².